The lowest BCUT2D eigenvalue weighted by Crippen LogP contribution is -2.46. The number of hydrogen-bond acceptors (Lipinski definition) is 6. The van der Waals surface area contributed by atoms with Gasteiger partial charge in [0.25, 0.3) is 0 Å². The molecule has 0 unspecified atom stereocenters. The lowest BCUT2D eigenvalue weighted by molar-refractivity contribution is 0.240. The molecule has 1 aliphatic heterocycles. The fourth-order valence-electron chi connectivity index (χ4n) is 3.10. The molecule has 120 valence electrons. The average molecular weight is 328 g/mol. The van der Waals surface area contributed by atoms with Gasteiger partial charge in [-0.25, -0.2) is 15.0 Å². The van der Waals surface area contributed by atoms with Crippen LogP contribution in [0.3, 0.4) is 0 Å². The molecule has 0 atom stereocenters. The van der Waals surface area contributed by atoms with Crippen LogP contribution in [0.4, 0.5) is 5.82 Å². The maximum atomic E-state index is 4.52. The molecule has 3 aromatic rings. The minimum absolute atomic E-state index is 0.923. The summed E-state index contributed by atoms with van der Waals surface area (Å²) in [4.78, 5) is 18.2. The molecule has 6 nitrogen and oxygen atoms in total. The van der Waals surface area contributed by atoms with E-state index < -0.39 is 0 Å². The molecule has 0 N–H and O–H groups in total. The second-order valence-electron chi connectivity index (χ2n) is 5.72. The highest BCUT2D eigenvalue weighted by molar-refractivity contribution is 7.17. The number of hydrogen-bond donors (Lipinski definition) is 0. The number of anilines is 1. The lowest BCUT2D eigenvalue weighted by Gasteiger charge is -2.35. The Balaban J connectivity index is 1.44. The van der Waals surface area contributed by atoms with Gasteiger partial charge >= 0.3 is 0 Å². The van der Waals surface area contributed by atoms with E-state index in [1.165, 1.54) is 4.70 Å². The maximum absolute atomic E-state index is 4.52. The fraction of sp³-hybridized carbons (Fsp3) is 0.438. The minimum Gasteiger partial charge on any atom is -0.353 e. The SMILES string of the molecule is CCn1ccnc1CN1CCN(c2ncnc3ccsc23)CC1. The van der Waals surface area contributed by atoms with E-state index in [9.17, 15) is 0 Å². The number of fused-ring (bicyclic) bond motifs is 1. The standard InChI is InChI=1S/C16H20N6S/c1-2-21-5-4-17-14(21)11-20-6-8-22(9-7-20)16-15-13(3-10-23-15)18-12-19-16/h3-5,10,12H,2,6-9,11H2,1H3. The maximum Gasteiger partial charge on any atom is 0.150 e. The first-order valence-corrected chi connectivity index (χ1v) is 8.88. The van der Waals surface area contributed by atoms with Crippen molar-refractivity contribution >= 4 is 27.4 Å². The summed E-state index contributed by atoms with van der Waals surface area (Å²) >= 11 is 1.72. The molecule has 1 saturated heterocycles. The van der Waals surface area contributed by atoms with E-state index in [2.05, 4.69) is 53.9 Å². The van der Waals surface area contributed by atoms with Crippen LogP contribution in [-0.2, 0) is 13.1 Å². The van der Waals surface area contributed by atoms with Crippen molar-refractivity contribution in [2.75, 3.05) is 31.1 Å². The zero-order valence-electron chi connectivity index (χ0n) is 13.2. The summed E-state index contributed by atoms with van der Waals surface area (Å²) in [6.07, 6.45) is 5.62. The Hall–Kier alpha value is -1.99. The number of aryl methyl sites for hydroxylation is 1. The Morgan fingerprint density at radius 1 is 1.13 bits per heavy atom. The molecular weight excluding hydrogens is 308 g/mol. The largest absolute Gasteiger partial charge is 0.353 e. The molecule has 0 aromatic carbocycles. The van der Waals surface area contributed by atoms with Crippen LogP contribution >= 0.6 is 11.3 Å². The van der Waals surface area contributed by atoms with Gasteiger partial charge in [-0.3, -0.25) is 4.90 Å². The summed E-state index contributed by atoms with van der Waals surface area (Å²) in [5.41, 5.74) is 1.05. The van der Waals surface area contributed by atoms with Gasteiger partial charge in [0.2, 0.25) is 0 Å². The van der Waals surface area contributed by atoms with Crippen molar-refractivity contribution in [2.24, 2.45) is 0 Å². The van der Waals surface area contributed by atoms with Crippen LogP contribution in [0.5, 0.6) is 0 Å². The highest BCUT2D eigenvalue weighted by Crippen LogP contribution is 2.28. The van der Waals surface area contributed by atoms with Crippen LogP contribution in [0.15, 0.2) is 30.2 Å². The highest BCUT2D eigenvalue weighted by Gasteiger charge is 2.21. The summed E-state index contributed by atoms with van der Waals surface area (Å²) in [5.74, 6) is 2.24. The minimum atomic E-state index is 0.923. The van der Waals surface area contributed by atoms with E-state index in [-0.39, 0.29) is 0 Å². The highest BCUT2D eigenvalue weighted by atomic mass is 32.1. The Bertz CT molecular complexity index is 787. The van der Waals surface area contributed by atoms with Gasteiger partial charge in [-0.1, -0.05) is 0 Å². The van der Waals surface area contributed by atoms with Crippen molar-refractivity contribution in [1.29, 1.82) is 0 Å². The van der Waals surface area contributed by atoms with Gasteiger partial charge in [0.05, 0.1) is 16.8 Å². The molecular formula is C16H20N6S. The van der Waals surface area contributed by atoms with Gasteiger partial charge < -0.3 is 9.47 Å². The van der Waals surface area contributed by atoms with Crippen LogP contribution < -0.4 is 4.90 Å². The third-order valence-electron chi connectivity index (χ3n) is 4.40. The van der Waals surface area contributed by atoms with Gasteiger partial charge in [-0.15, -0.1) is 11.3 Å². The third kappa shape index (κ3) is 2.82. The summed E-state index contributed by atoms with van der Waals surface area (Å²) in [7, 11) is 0. The molecule has 4 rings (SSSR count). The van der Waals surface area contributed by atoms with Crippen molar-refractivity contribution in [3.05, 3.63) is 36.0 Å². The molecule has 1 fully saturated rings. The number of aromatic nitrogens is 4. The zero-order valence-corrected chi connectivity index (χ0v) is 14.0. The number of nitrogens with zero attached hydrogens (tertiary/aromatic N) is 6. The number of piperazine rings is 1. The van der Waals surface area contributed by atoms with E-state index in [4.69, 9.17) is 0 Å². The fourth-order valence-corrected chi connectivity index (χ4v) is 3.96. The summed E-state index contributed by atoms with van der Waals surface area (Å²) in [5, 5.41) is 2.09. The molecule has 0 bridgehead atoms. The van der Waals surface area contributed by atoms with E-state index in [1.54, 1.807) is 17.7 Å². The molecule has 0 amide bonds. The molecule has 0 spiro atoms. The summed E-state index contributed by atoms with van der Waals surface area (Å²) < 4.78 is 3.41. The van der Waals surface area contributed by atoms with Crippen LogP contribution in [0.1, 0.15) is 12.7 Å². The quantitative estimate of drug-likeness (QED) is 0.735. The second-order valence-corrected chi connectivity index (χ2v) is 6.64. The van der Waals surface area contributed by atoms with Crippen LogP contribution in [0.2, 0.25) is 0 Å². The summed E-state index contributed by atoms with van der Waals surface area (Å²) in [6.45, 7) is 8.12. The van der Waals surface area contributed by atoms with Gasteiger partial charge in [0.15, 0.2) is 0 Å². The van der Waals surface area contributed by atoms with Gasteiger partial charge in [-0.2, -0.15) is 0 Å². The van der Waals surface area contributed by atoms with Crippen molar-refractivity contribution in [3.63, 3.8) is 0 Å². The monoisotopic (exact) mass is 328 g/mol. The van der Waals surface area contributed by atoms with Crippen LogP contribution in [0.25, 0.3) is 10.2 Å². The molecule has 4 heterocycles. The lowest BCUT2D eigenvalue weighted by atomic mass is 10.3. The summed E-state index contributed by atoms with van der Waals surface area (Å²) in [6, 6.07) is 2.06. The first-order valence-electron chi connectivity index (χ1n) is 8.00. The van der Waals surface area contributed by atoms with Crippen molar-refractivity contribution < 1.29 is 0 Å². The predicted octanol–water partition coefficient (Wildman–Crippen LogP) is 2.23. The van der Waals surface area contributed by atoms with Gasteiger partial charge in [-0.05, 0) is 18.4 Å². The van der Waals surface area contributed by atoms with E-state index in [0.717, 1.165) is 56.4 Å². The number of rotatable bonds is 4. The number of imidazole rings is 1. The molecule has 1 aliphatic rings. The Labute approximate surface area is 139 Å². The molecule has 0 aliphatic carbocycles. The number of thiophene rings is 1. The smallest absolute Gasteiger partial charge is 0.150 e. The molecule has 0 radical (unpaired) electrons. The van der Waals surface area contributed by atoms with Crippen molar-refractivity contribution in [2.45, 2.75) is 20.0 Å². The van der Waals surface area contributed by atoms with Crippen molar-refractivity contribution in [3.8, 4) is 0 Å². The molecule has 3 aromatic heterocycles. The van der Waals surface area contributed by atoms with E-state index >= 15 is 0 Å². The molecule has 23 heavy (non-hydrogen) atoms. The Morgan fingerprint density at radius 3 is 2.83 bits per heavy atom. The second kappa shape index (κ2) is 6.25. The normalized spacial score (nSPS) is 16.3. The molecule has 7 heteroatoms. The van der Waals surface area contributed by atoms with Crippen LogP contribution in [-0.4, -0.2) is 50.6 Å². The van der Waals surface area contributed by atoms with Gasteiger partial charge in [0.1, 0.15) is 18.0 Å². The Kier molecular flexibility index (Phi) is 3.97. The third-order valence-corrected chi connectivity index (χ3v) is 5.30. The zero-order chi connectivity index (χ0) is 15.6. The van der Waals surface area contributed by atoms with E-state index in [1.807, 2.05) is 6.20 Å². The average Bonchev–Trinajstić information content (AvgIpc) is 3.24. The topological polar surface area (TPSA) is 50.1 Å². The van der Waals surface area contributed by atoms with Crippen LogP contribution in [0, 0.1) is 0 Å². The van der Waals surface area contributed by atoms with E-state index in [0.29, 0.717) is 0 Å². The first kappa shape index (κ1) is 14.6. The molecule has 0 saturated carbocycles. The Morgan fingerprint density at radius 2 is 2.00 bits per heavy atom. The predicted molar refractivity (Wildman–Crippen MR) is 92.8 cm³/mol. The van der Waals surface area contributed by atoms with Gasteiger partial charge in [0, 0.05) is 45.1 Å². The van der Waals surface area contributed by atoms with Crippen molar-refractivity contribution in [1.82, 2.24) is 24.4 Å². The first-order chi connectivity index (χ1) is 11.3.